The van der Waals surface area contributed by atoms with E-state index < -0.39 is 0 Å². The zero-order valence-electron chi connectivity index (χ0n) is 14.4. The van der Waals surface area contributed by atoms with Crippen LogP contribution in [-0.2, 0) is 12.8 Å². The van der Waals surface area contributed by atoms with Gasteiger partial charge in [-0.15, -0.1) is 0 Å². The van der Waals surface area contributed by atoms with Crippen molar-refractivity contribution < 1.29 is 4.79 Å². The monoisotopic (exact) mass is 314 g/mol. The van der Waals surface area contributed by atoms with Crippen LogP contribution in [0.3, 0.4) is 0 Å². The van der Waals surface area contributed by atoms with E-state index in [1.54, 1.807) is 0 Å². The van der Waals surface area contributed by atoms with Crippen molar-refractivity contribution in [1.82, 2.24) is 10.2 Å². The Morgan fingerprint density at radius 1 is 1.22 bits per heavy atom. The molecule has 1 aromatic rings. The van der Waals surface area contributed by atoms with Crippen LogP contribution in [-0.4, -0.2) is 37.0 Å². The smallest absolute Gasteiger partial charge is 0.251 e. The molecule has 23 heavy (non-hydrogen) atoms. The van der Waals surface area contributed by atoms with E-state index in [1.165, 1.54) is 56.3 Å². The second-order valence-electron chi connectivity index (χ2n) is 7.35. The molecule has 0 spiro atoms. The summed E-state index contributed by atoms with van der Waals surface area (Å²) in [6, 6.07) is 6.25. The van der Waals surface area contributed by atoms with Crippen molar-refractivity contribution in [3.05, 3.63) is 34.9 Å². The third-order valence-corrected chi connectivity index (χ3v) is 5.29. The first-order valence-electron chi connectivity index (χ1n) is 9.35. The van der Waals surface area contributed by atoms with Crippen LogP contribution < -0.4 is 5.32 Å². The Kier molecular flexibility index (Phi) is 5.71. The Hall–Kier alpha value is -1.35. The zero-order valence-corrected chi connectivity index (χ0v) is 14.4. The lowest BCUT2D eigenvalue weighted by Gasteiger charge is -2.30. The molecule has 3 nitrogen and oxygen atoms in total. The molecule has 1 aromatic carbocycles. The van der Waals surface area contributed by atoms with Crippen LogP contribution in [0.1, 0.15) is 60.5 Å². The normalized spacial score (nSPS) is 21.7. The van der Waals surface area contributed by atoms with E-state index in [-0.39, 0.29) is 5.91 Å². The van der Waals surface area contributed by atoms with Gasteiger partial charge in [-0.05, 0) is 87.2 Å². The number of carbonyl (C=O) groups is 1. The Bertz CT molecular complexity index is 540. The first-order valence-corrected chi connectivity index (χ1v) is 9.35. The predicted molar refractivity (Wildman–Crippen MR) is 94.9 cm³/mol. The molecule has 1 N–H and O–H groups in total. The van der Waals surface area contributed by atoms with E-state index in [0.29, 0.717) is 0 Å². The summed E-state index contributed by atoms with van der Waals surface area (Å²) in [6.07, 6.45) is 8.58. The van der Waals surface area contributed by atoms with Gasteiger partial charge in [-0.25, -0.2) is 0 Å². The molecule has 1 fully saturated rings. The lowest BCUT2D eigenvalue weighted by atomic mass is 9.90. The van der Waals surface area contributed by atoms with E-state index in [9.17, 15) is 4.79 Å². The molecule has 3 rings (SSSR count). The highest BCUT2D eigenvalue weighted by Gasteiger charge is 2.16. The van der Waals surface area contributed by atoms with E-state index >= 15 is 0 Å². The molecule has 1 unspecified atom stereocenters. The maximum absolute atomic E-state index is 12.3. The topological polar surface area (TPSA) is 32.3 Å². The lowest BCUT2D eigenvalue weighted by Crippen LogP contribution is -2.36. The number of nitrogens with zero attached hydrogens (tertiary/aromatic N) is 1. The molecule has 3 heteroatoms. The number of likely N-dealkylation sites (tertiary alicyclic amines) is 1. The Balaban J connectivity index is 1.42. The molecule has 0 aromatic heterocycles. The average molecular weight is 314 g/mol. The maximum Gasteiger partial charge on any atom is 0.251 e. The number of amides is 1. The first kappa shape index (κ1) is 16.5. The number of aryl methyl sites for hydroxylation is 2. The number of benzene rings is 1. The van der Waals surface area contributed by atoms with E-state index in [0.717, 1.165) is 37.4 Å². The zero-order chi connectivity index (χ0) is 16.1. The van der Waals surface area contributed by atoms with Crippen molar-refractivity contribution in [2.24, 2.45) is 5.92 Å². The highest BCUT2D eigenvalue weighted by molar-refractivity contribution is 5.94. The van der Waals surface area contributed by atoms with Crippen LogP contribution in [0.25, 0.3) is 0 Å². The summed E-state index contributed by atoms with van der Waals surface area (Å²) < 4.78 is 0. The third-order valence-electron chi connectivity index (χ3n) is 5.29. The van der Waals surface area contributed by atoms with Gasteiger partial charge in [-0.2, -0.15) is 0 Å². The van der Waals surface area contributed by atoms with Gasteiger partial charge in [0.05, 0.1) is 0 Å². The van der Waals surface area contributed by atoms with Gasteiger partial charge in [-0.1, -0.05) is 13.0 Å². The quantitative estimate of drug-likeness (QED) is 0.845. The lowest BCUT2D eigenvalue weighted by molar-refractivity contribution is 0.0950. The summed E-state index contributed by atoms with van der Waals surface area (Å²) in [6.45, 7) is 6.67. The molecule has 1 saturated heterocycles. The van der Waals surface area contributed by atoms with Crippen LogP contribution in [0.15, 0.2) is 18.2 Å². The van der Waals surface area contributed by atoms with Gasteiger partial charge >= 0.3 is 0 Å². The van der Waals surface area contributed by atoms with Gasteiger partial charge in [-0.3, -0.25) is 4.79 Å². The maximum atomic E-state index is 12.3. The third kappa shape index (κ3) is 4.57. The molecule has 0 saturated carbocycles. The van der Waals surface area contributed by atoms with Crippen LogP contribution in [0.4, 0.5) is 0 Å². The van der Waals surface area contributed by atoms with Gasteiger partial charge in [0.25, 0.3) is 5.91 Å². The highest BCUT2D eigenvalue weighted by Crippen LogP contribution is 2.22. The summed E-state index contributed by atoms with van der Waals surface area (Å²) >= 11 is 0. The van der Waals surface area contributed by atoms with Crippen LogP contribution in [0.5, 0.6) is 0 Å². The Labute approximate surface area is 140 Å². The standard InChI is InChI=1S/C20H30N2O/c1-16-6-4-12-22(15-16)13-5-11-21-20(23)19-10-9-17-7-2-3-8-18(17)14-19/h9-10,14,16H,2-8,11-13,15H2,1H3,(H,21,23). The number of nitrogens with one attached hydrogen (secondary N) is 1. The van der Waals surface area contributed by atoms with Gasteiger partial charge in [0.2, 0.25) is 0 Å². The number of piperidine rings is 1. The predicted octanol–water partition coefficient (Wildman–Crippen LogP) is 3.42. The summed E-state index contributed by atoms with van der Waals surface area (Å²) in [7, 11) is 0. The molecule has 0 bridgehead atoms. The van der Waals surface area contributed by atoms with Crippen LogP contribution >= 0.6 is 0 Å². The molecule has 1 atom stereocenters. The van der Waals surface area contributed by atoms with Crippen molar-refractivity contribution in [2.45, 2.75) is 51.9 Å². The number of carbonyl (C=O) groups excluding carboxylic acids is 1. The fraction of sp³-hybridized carbons (Fsp3) is 0.650. The number of hydrogen-bond donors (Lipinski definition) is 1. The molecule has 1 heterocycles. The van der Waals surface area contributed by atoms with Crippen molar-refractivity contribution in [2.75, 3.05) is 26.2 Å². The van der Waals surface area contributed by atoms with Crippen molar-refractivity contribution in [3.63, 3.8) is 0 Å². The van der Waals surface area contributed by atoms with Crippen molar-refractivity contribution >= 4 is 5.91 Å². The molecule has 0 radical (unpaired) electrons. The molecular formula is C20H30N2O. The molecule has 1 aliphatic heterocycles. The molecule has 126 valence electrons. The summed E-state index contributed by atoms with van der Waals surface area (Å²) in [5, 5.41) is 3.09. The highest BCUT2D eigenvalue weighted by atomic mass is 16.1. The Morgan fingerprint density at radius 3 is 2.87 bits per heavy atom. The summed E-state index contributed by atoms with van der Waals surface area (Å²) in [4.78, 5) is 14.8. The fourth-order valence-electron chi connectivity index (χ4n) is 3.97. The van der Waals surface area contributed by atoms with Gasteiger partial charge < -0.3 is 10.2 Å². The van der Waals surface area contributed by atoms with Gasteiger partial charge in [0.1, 0.15) is 0 Å². The van der Waals surface area contributed by atoms with Gasteiger partial charge in [0.15, 0.2) is 0 Å². The molecule has 1 aliphatic carbocycles. The minimum Gasteiger partial charge on any atom is -0.352 e. The fourth-order valence-corrected chi connectivity index (χ4v) is 3.97. The van der Waals surface area contributed by atoms with E-state index in [4.69, 9.17) is 0 Å². The molecule has 1 amide bonds. The van der Waals surface area contributed by atoms with Crippen LogP contribution in [0.2, 0.25) is 0 Å². The minimum atomic E-state index is 0.0883. The largest absolute Gasteiger partial charge is 0.352 e. The average Bonchev–Trinajstić information content (AvgIpc) is 2.58. The second-order valence-corrected chi connectivity index (χ2v) is 7.35. The van der Waals surface area contributed by atoms with Crippen LogP contribution in [0, 0.1) is 5.92 Å². The Morgan fingerprint density at radius 2 is 2.04 bits per heavy atom. The number of hydrogen-bond acceptors (Lipinski definition) is 2. The van der Waals surface area contributed by atoms with E-state index in [1.807, 2.05) is 6.07 Å². The summed E-state index contributed by atoms with van der Waals surface area (Å²) in [5.74, 6) is 0.916. The summed E-state index contributed by atoms with van der Waals surface area (Å²) in [5.41, 5.74) is 3.65. The second kappa shape index (κ2) is 7.96. The molecule has 2 aliphatic rings. The molecular weight excluding hydrogens is 284 g/mol. The van der Waals surface area contributed by atoms with Crippen molar-refractivity contribution in [1.29, 1.82) is 0 Å². The number of fused-ring (bicyclic) bond motifs is 1. The van der Waals surface area contributed by atoms with Crippen molar-refractivity contribution in [3.8, 4) is 0 Å². The minimum absolute atomic E-state index is 0.0883. The SMILES string of the molecule is CC1CCCN(CCCNC(=O)c2ccc3c(c2)CCCC3)C1. The van der Waals surface area contributed by atoms with E-state index in [2.05, 4.69) is 29.3 Å². The first-order chi connectivity index (χ1) is 11.2. The number of rotatable bonds is 5. The van der Waals surface area contributed by atoms with Gasteiger partial charge in [0, 0.05) is 18.7 Å².